The van der Waals surface area contributed by atoms with Gasteiger partial charge in [-0.2, -0.15) is 0 Å². The summed E-state index contributed by atoms with van der Waals surface area (Å²) in [5, 5.41) is 5.12. The largest absolute Gasteiger partial charge is 0.360 e. The van der Waals surface area contributed by atoms with Gasteiger partial charge in [-0.25, -0.2) is 14.7 Å². The summed E-state index contributed by atoms with van der Waals surface area (Å²) in [7, 11) is 0. The van der Waals surface area contributed by atoms with Crippen molar-refractivity contribution >= 4 is 28.4 Å². The molecule has 3 aromatic rings. The lowest BCUT2D eigenvalue weighted by Gasteiger charge is -2.34. The van der Waals surface area contributed by atoms with E-state index >= 15 is 0 Å². The molecule has 0 bridgehead atoms. The van der Waals surface area contributed by atoms with Crippen molar-refractivity contribution in [3.8, 4) is 0 Å². The van der Waals surface area contributed by atoms with Crippen molar-refractivity contribution in [2.75, 3.05) is 37.7 Å². The van der Waals surface area contributed by atoms with E-state index in [1.54, 1.807) is 6.92 Å². The van der Waals surface area contributed by atoms with Gasteiger partial charge in [0.15, 0.2) is 19.1 Å². The van der Waals surface area contributed by atoms with Gasteiger partial charge in [0, 0.05) is 17.8 Å². The number of piperazine rings is 1. The minimum Gasteiger partial charge on any atom is -0.360 e. The summed E-state index contributed by atoms with van der Waals surface area (Å²) >= 11 is 0. The quantitative estimate of drug-likeness (QED) is 0.617. The fraction of sp³-hybridized carbons (Fsp3) is 0.292. The normalized spacial score (nSPS) is 22.2. The highest BCUT2D eigenvalue weighted by Gasteiger charge is 2.50. The van der Waals surface area contributed by atoms with E-state index in [0.717, 1.165) is 42.5 Å². The van der Waals surface area contributed by atoms with E-state index in [1.807, 2.05) is 54.9 Å². The maximum atomic E-state index is 13.3. The first-order valence-electron chi connectivity index (χ1n) is 10.7. The van der Waals surface area contributed by atoms with Crippen LogP contribution in [0.15, 0.2) is 67.0 Å². The highest BCUT2D eigenvalue weighted by molar-refractivity contribution is 6.07. The molecule has 2 aliphatic heterocycles. The number of imide groups is 1. The first-order valence-corrected chi connectivity index (χ1v) is 10.7. The molecule has 31 heavy (non-hydrogen) atoms. The summed E-state index contributed by atoms with van der Waals surface area (Å²) in [6, 6.07) is 17.8. The number of nitrogens with one attached hydrogen (secondary N) is 3. The van der Waals surface area contributed by atoms with Gasteiger partial charge in [0.2, 0.25) is 0 Å². The van der Waals surface area contributed by atoms with Gasteiger partial charge in [-0.05, 0) is 29.3 Å². The molecule has 0 saturated carbocycles. The number of pyridine rings is 1. The van der Waals surface area contributed by atoms with Crippen molar-refractivity contribution < 1.29 is 19.5 Å². The minimum absolute atomic E-state index is 0.179. The lowest BCUT2D eigenvalue weighted by Crippen LogP contribution is -3.16. The number of aromatic nitrogens is 1. The number of carbonyl (C=O) groups is 2. The number of quaternary nitrogens is 1. The predicted molar refractivity (Wildman–Crippen MR) is 117 cm³/mol. The molecule has 3 heterocycles. The van der Waals surface area contributed by atoms with Gasteiger partial charge in [0.25, 0.3) is 5.91 Å². The van der Waals surface area contributed by atoms with Gasteiger partial charge in [-0.15, -0.1) is 0 Å². The number of hydrogen-bond donors (Lipinski definition) is 2. The van der Waals surface area contributed by atoms with Crippen LogP contribution in [0.4, 0.5) is 10.5 Å². The van der Waals surface area contributed by atoms with Crippen LogP contribution in [-0.4, -0.2) is 49.7 Å². The van der Waals surface area contributed by atoms with E-state index in [4.69, 9.17) is 0 Å². The van der Waals surface area contributed by atoms with Crippen molar-refractivity contribution in [2.24, 2.45) is 0 Å². The van der Waals surface area contributed by atoms with Gasteiger partial charge in [0.1, 0.15) is 5.54 Å². The van der Waals surface area contributed by atoms with Gasteiger partial charge in [-0.3, -0.25) is 4.79 Å². The zero-order valence-electron chi connectivity index (χ0n) is 17.6. The number of nitrogens with zero attached hydrogens (tertiary/aromatic N) is 2. The van der Waals surface area contributed by atoms with Crippen LogP contribution in [0.1, 0.15) is 12.5 Å². The van der Waals surface area contributed by atoms with Gasteiger partial charge in [-0.1, -0.05) is 36.4 Å². The number of urea groups is 1. The molecule has 1 aromatic heterocycles. The second-order valence-electron chi connectivity index (χ2n) is 8.50. The topological polar surface area (TPSA) is 71.2 Å². The Balaban J connectivity index is 1.29. The Hall–Kier alpha value is -3.45. The number of rotatable bonds is 4. The van der Waals surface area contributed by atoms with E-state index < -0.39 is 5.54 Å². The summed E-state index contributed by atoms with van der Waals surface area (Å²) in [4.78, 5) is 34.1. The Morgan fingerprint density at radius 2 is 1.71 bits per heavy atom. The third-order valence-electron chi connectivity index (χ3n) is 6.52. The number of anilines is 1. The van der Waals surface area contributed by atoms with Crippen molar-refractivity contribution in [1.82, 2.24) is 10.2 Å². The number of amides is 3. The smallest absolute Gasteiger partial charge is 0.329 e. The Morgan fingerprint density at radius 3 is 2.45 bits per heavy atom. The summed E-state index contributed by atoms with van der Waals surface area (Å²) < 4.78 is 0. The zero-order valence-corrected chi connectivity index (χ0v) is 17.6. The summed E-state index contributed by atoms with van der Waals surface area (Å²) in [6.07, 6.45) is 3.85. The Bertz CT molecular complexity index is 1130. The van der Waals surface area contributed by atoms with Crippen molar-refractivity contribution in [2.45, 2.75) is 12.5 Å². The van der Waals surface area contributed by atoms with E-state index in [9.17, 15) is 9.59 Å². The van der Waals surface area contributed by atoms with E-state index in [-0.39, 0.29) is 11.9 Å². The number of aromatic amines is 1. The fourth-order valence-electron chi connectivity index (χ4n) is 4.59. The standard InChI is InChI=1S/C24H25N5O2/c1-24(20-7-6-18-4-2-3-5-19(18)16-20)22(30)29(23(31)26-24)17-27-12-14-28(15-13-27)21-8-10-25-11-9-21/h2-11,16H,12-15,17H2,1H3,(H,26,31)/p+2/t24-/m1/s1. The first-order chi connectivity index (χ1) is 15.0. The number of hydrogen-bond acceptors (Lipinski definition) is 3. The number of fused-ring (bicyclic) bond motifs is 1. The van der Waals surface area contributed by atoms with Crippen molar-refractivity contribution in [3.05, 3.63) is 72.6 Å². The average Bonchev–Trinajstić information content (AvgIpc) is 3.03. The average molecular weight is 418 g/mol. The van der Waals surface area contributed by atoms with Crippen LogP contribution in [0.3, 0.4) is 0 Å². The molecule has 2 saturated heterocycles. The lowest BCUT2D eigenvalue weighted by atomic mass is 9.90. The third kappa shape index (κ3) is 3.51. The zero-order chi connectivity index (χ0) is 21.4. The molecule has 2 fully saturated rings. The van der Waals surface area contributed by atoms with Gasteiger partial charge >= 0.3 is 6.03 Å². The molecule has 7 nitrogen and oxygen atoms in total. The highest BCUT2D eigenvalue weighted by Crippen LogP contribution is 2.30. The molecule has 2 aliphatic rings. The second kappa shape index (κ2) is 7.67. The fourth-order valence-corrected chi connectivity index (χ4v) is 4.59. The van der Waals surface area contributed by atoms with Crippen LogP contribution in [0.25, 0.3) is 10.8 Å². The predicted octanol–water partition coefficient (Wildman–Crippen LogP) is 0.784. The van der Waals surface area contributed by atoms with Crippen LogP contribution in [0.2, 0.25) is 0 Å². The van der Waals surface area contributed by atoms with Crippen molar-refractivity contribution in [1.29, 1.82) is 0 Å². The van der Waals surface area contributed by atoms with Gasteiger partial charge in [0.05, 0.1) is 26.2 Å². The number of benzene rings is 2. The molecule has 3 amide bonds. The molecule has 0 spiro atoms. The lowest BCUT2D eigenvalue weighted by molar-refractivity contribution is -0.907. The minimum atomic E-state index is -1.04. The van der Waals surface area contributed by atoms with Gasteiger partial charge < -0.3 is 15.1 Å². The monoisotopic (exact) mass is 417 g/mol. The molecule has 3 N–H and O–H groups in total. The van der Waals surface area contributed by atoms with Crippen LogP contribution < -0.4 is 20.1 Å². The third-order valence-corrected chi connectivity index (χ3v) is 6.52. The molecule has 0 aliphatic carbocycles. The molecular formula is C24H27N5O2+2. The van der Waals surface area contributed by atoms with E-state index in [0.29, 0.717) is 6.67 Å². The first kappa shape index (κ1) is 19.5. The molecule has 5 rings (SSSR count). The van der Waals surface area contributed by atoms with Crippen LogP contribution in [0, 0.1) is 0 Å². The maximum Gasteiger partial charge on any atom is 0.329 e. The molecule has 0 unspecified atom stereocenters. The molecule has 0 radical (unpaired) electrons. The SMILES string of the molecule is C[C@]1(c2ccc3ccccc3c2)NC(=O)N(C[NH+]2CCN(c3cc[nH+]cc3)CC2)C1=O. The molecule has 7 heteroatoms. The molecular weight excluding hydrogens is 390 g/mol. The number of H-pyrrole nitrogens is 1. The van der Waals surface area contributed by atoms with E-state index in [1.165, 1.54) is 15.5 Å². The summed E-state index contributed by atoms with van der Waals surface area (Å²) in [5.41, 5.74) is 0.965. The Kier molecular flexibility index (Phi) is 4.82. The second-order valence-corrected chi connectivity index (χ2v) is 8.50. The van der Waals surface area contributed by atoms with E-state index in [2.05, 4.69) is 27.3 Å². The Labute approximate surface area is 181 Å². The Morgan fingerprint density at radius 1 is 1.00 bits per heavy atom. The maximum absolute atomic E-state index is 13.3. The molecule has 158 valence electrons. The molecule has 2 aromatic carbocycles. The van der Waals surface area contributed by atoms with Crippen LogP contribution in [0.5, 0.6) is 0 Å². The summed E-state index contributed by atoms with van der Waals surface area (Å²) in [6.45, 7) is 5.74. The van der Waals surface area contributed by atoms with Crippen LogP contribution >= 0.6 is 0 Å². The summed E-state index contributed by atoms with van der Waals surface area (Å²) in [5.74, 6) is -0.179. The van der Waals surface area contributed by atoms with Crippen molar-refractivity contribution in [3.63, 3.8) is 0 Å². The highest BCUT2D eigenvalue weighted by atomic mass is 16.2. The van der Waals surface area contributed by atoms with Crippen LogP contribution in [-0.2, 0) is 10.3 Å². The number of carbonyl (C=O) groups excluding carboxylic acids is 2. The molecule has 1 atom stereocenters.